The van der Waals surface area contributed by atoms with Gasteiger partial charge in [-0.05, 0) is 82.5 Å². The van der Waals surface area contributed by atoms with Crippen molar-refractivity contribution in [1.82, 2.24) is 0 Å². The summed E-state index contributed by atoms with van der Waals surface area (Å²) in [5.41, 5.74) is 1.32. The Balaban J connectivity index is 1.78. The van der Waals surface area contributed by atoms with Crippen LogP contribution in [-0.2, 0) is 9.53 Å². The predicted molar refractivity (Wildman–Crippen MR) is 113 cm³/mol. The third-order valence-corrected chi connectivity index (χ3v) is 6.42. The van der Waals surface area contributed by atoms with Crippen molar-refractivity contribution < 1.29 is 24.9 Å². The van der Waals surface area contributed by atoms with Gasteiger partial charge in [0.25, 0.3) is 0 Å². The first kappa shape index (κ1) is 23.9. The molecule has 0 amide bonds. The Labute approximate surface area is 175 Å². The summed E-state index contributed by atoms with van der Waals surface area (Å²) in [6.07, 6.45) is 7.66. The van der Waals surface area contributed by atoms with E-state index >= 15 is 0 Å². The van der Waals surface area contributed by atoms with Gasteiger partial charge in [0, 0.05) is 12.5 Å². The standard InChI is InChI=1S/C24H38O5/c1-16(2)5-4-6-17(3)11-20(25)7-8-21-22-13-18(9-10-29-15-24(27)28)12-19(22)14-23(21)26/h5,17-23,25-26H,4,6,9-15H2,1-3H3,(H,27,28)/t17?,18?,19-,20+,21-,22-,23-/m1/s1. The highest BCUT2D eigenvalue weighted by atomic mass is 16.5. The maximum atomic E-state index is 10.5. The molecule has 0 aromatic rings. The monoisotopic (exact) mass is 406 g/mol. The van der Waals surface area contributed by atoms with Crippen LogP contribution in [0.3, 0.4) is 0 Å². The number of aliphatic carboxylic acids is 1. The Bertz CT molecular complexity index is 612. The number of hydrogen-bond donors (Lipinski definition) is 3. The smallest absolute Gasteiger partial charge is 0.329 e. The molecule has 0 heterocycles. The highest BCUT2D eigenvalue weighted by Crippen LogP contribution is 2.50. The third-order valence-electron chi connectivity index (χ3n) is 6.42. The van der Waals surface area contributed by atoms with Crippen LogP contribution < -0.4 is 0 Å². The van der Waals surface area contributed by atoms with Crippen molar-refractivity contribution in [3.05, 3.63) is 11.6 Å². The fourth-order valence-corrected chi connectivity index (χ4v) is 4.98. The molecule has 0 aromatic heterocycles. The van der Waals surface area contributed by atoms with Crippen LogP contribution in [0, 0.1) is 41.4 Å². The SMILES string of the molecule is CC(C)=CCCC(C)C[C@@H](O)C#C[C@@H]1[C@@H]2CC(CCOCC(=O)O)C[C@@H]2C[C@H]1O. The van der Waals surface area contributed by atoms with Crippen LogP contribution in [0.25, 0.3) is 0 Å². The van der Waals surface area contributed by atoms with Crippen molar-refractivity contribution >= 4 is 5.97 Å². The summed E-state index contributed by atoms with van der Waals surface area (Å²) in [6.45, 7) is 6.58. The molecule has 2 unspecified atom stereocenters. The number of ether oxygens (including phenoxy) is 1. The van der Waals surface area contributed by atoms with Crippen LogP contribution in [0.15, 0.2) is 11.6 Å². The first-order valence-electron chi connectivity index (χ1n) is 11.1. The first-order valence-corrected chi connectivity index (χ1v) is 11.1. The van der Waals surface area contributed by atoms with Crippen LogP contribution >= 0.6 is 0 Å². The van der Waals surface area contributed by atoms with E-state index in [4.69, 9.17) is 9.84 Å². The van der Waals surface area contributed by atoms with E-state index in [9.17, 15) is 15.0 Å². The van der Waals surface area contributed by atoms with E-state index in [1.54, 1.807) is 0 Å². The lowest BCUT2D eigenvalue weighted by Crippen LogP contribution is -2.19. The largest absolute Gasteiger partial charge is 0.480 e. The third kappa shape index (κ3) is 8.12. The molecule has 7 atom stereocenters. The van der Waals surface area contributed by atoms with Gasteiger partial charge in [-0.1, -0.05) is 30.4 Å². The molecule has 2 aliphatic rings. The lowest BCUT2D eigenvalue weighted by Gasteiger charge is -2.17. The van der Waals surface area contributed by atoms with Crippen molar-refractivity contribution in [2.45, 2.75) is 77.9 Å². The molecule has 2 rings (SSSR count). The van der Waals surface area contributed by atoms with Gasteiger partial charge < -0.3 is 20.1 Å². The average molecular weight is 407 g/mol. The fourth-order valence-electron chi connectivity index (χ4n) is 4.98. The van der Waals surface area contributed by atoms with Crippen molar-refractivity contribution in [1.29, 1.82) is 0 Å². The number of rotatable bonds is 10. The second-order valence-corrected chi connectivity index (χ2v) is 9.33. The van der Waals surface area contributed by atoms with Crippen molar-refractivity contribution in [3.63, 3.8) is 0 Å². The van der Waals surface area contributed by atoms with Gasteiger partial charge in [0.05, 0.1) is 6.10 Å². The molecule has 2 aliphatic carbocycles. The number of hydrogen-bond acceptors (Lipinski definition) is 4. The highest BCUT2D eigenvalue weighted by molar-refractivity contribution is 5.67. The Hall–Kier alpha value is -1.35. The fraction of sp³-hybridized carbons (Fsp3) is 0.792. The zero-order chi connectivity index (χ0) is 21.4. The van der Waals surface area contributed by atoms with E-state index in [0.717, 1.165) is 38.5 Å². The molecular formula is C24H38O5. The molecule has 164 valence electrons. The van der Waals surface area contributed by atoms with Crippen molar-refractivity contribution in [2.24, 2.45) is 29.6 Å². The number of aliphatic hydroxyl groups excluding tert-OH is 2. The maximum Gasteiger partial charge on any atom is 0.329 e. The molecule has 3 N–H and O–H groups in total. The number of fused-ring (bicyclic) bond motifs is 1. The number of aliphatic hydroxyl groups is 2. The van der Waals surface area contributed by atoms with Crippen molar-refractivity contribution in [3.8, 4) is 11.8 Å². The summed E-state index contributed by atoms with van der Waals surface area (Å²) in [5.74, 6) is 7.03. The minimum Gasteiger partial charge on any atom is -0.480 e. The van der Waals surface area contributed by atoms with Gasteiger partial charge in [-0.3, -0.25) is 0 Å². The summed E-state index contributed by atoms with van der Waals surface area (Å²) >= 11 is 0. The molecule has 0 spiro atoms. The number of carboxylic acid groups (broad SMARTS) is 1. The Morgan fingerprint density at radius 2 is 2.03 bits per heavy atom. The molecule has 0 radical (unpaired) electrons. The van der Waals surface area contributed by atoms with E-state index < -0.39 is 18.2 Å². The highest BCUT2D eigenvalue weighted by Gasteiger charge is 2.47. The summed E-state index contributed by atoms with van der Waals surface area (Å²) in [5, 5.41) is 29.4. The zero-order valence-electron chi connectivity index (χ0n) is 18.1. The summed E-state index contributed by atoms with van der Waals surface area (Å²) in [4.78, 5) is 10.5. The molecule has 0 aromatic carbocycles. The second-order valence-electron chi connectivity index (χ2n) is 9.33. The van der Waals surface area contributed by atoms with Crippen molar-refractivity contribution in [2.75, 3.05) is 13.2 Å². The molecule has 2 fully saturated rings. The Kier molecular flexibility index (Phi) is 9.68. The van der Waals surface area contributed by atoms with Gasteiger partial charge in [0.15, 0.2) is 0 Å². The number of carboxylic acids is 1. The molecule has 29 heavy (non-hydrogen) atoms. The lowest BCUT2D eigenvalue weighted by molar-refractivity contribution is -0.142. The van der Waals surface area contributed by atoms with Gasteiger partial charge in [-0.2, -0.15) is 0 Å². The molecule has 0 bridgehead atoms. The predicted octanol–water partition coefficient (Wildman–Crippen LogP) is 3.64. The Morgan fingerprint density at radius 3 is 2.72 bits per heavy atom. The summed E-state index contributed by atoms with van der Waals surface area (Å²) in [6, 6.07) is 0. The zero-order valence-corrected chi connectivity index (χ0v) is 18.1. The van der Waals surface area contributed by atoms with E-state index in [0.29, 0.717) is 36.7 Å². The molecule has 5 heteroatoms. The van der Waals surface area contributed by atoms with E-state index in [1.807, 2.05) is 0 Å². The quantitative estimate of drug-likeness (QED) is 0.293. The van der Waals surface area contributed by atoms with Crippen LogP contribution in [0.4, 0.5) is 0 Å². The normalized spacial score (nSPS) is 30.2. The van der Waals surface area contributed by atoms with Gasteiger partial charge in [0.1, 0.15) is 12.7 Å². The van der Waals surface area contributed by atoms with Gasteiger partial charge in [-0.25, -0.2) is 4.79 Å². The molecular weight excluding hydrogens is 368 g/mol. The Morgan fingerprint density at radius 1 is 1.28 bits per heavy atom. The summed E-state index contributed by atoms with van der Waals surface area (Å²) in [7, 11) is 0. The number of allylic oxidation sites excluding steroid dienone is 2. The topological polar surface area (TPSA) is 87.0 Å². The minimum atomic E-state index is -0.934. The average Bonchev–Trinajstić information content (AvgIpc) is 3.13. The molecule has 5 nitrogen and oxygen atoms in total. The van der Waals surface area contributed by atoms with Gasteiger partial charge in [0.2, 0.25) is 0 Å². The van der Waals surface area contributed by atoms with Gasteiger partial charge >= 0.3 is 5.97 Å². The molecule has 0 saturated heterocycles. The lowest BCUT2D eigenvalue weighted by atomic mass is 9.90. The van der Waals surface area contributed by atoms with Crippen LogP contribution in [-0.4, -0.2) is 46.7 Å². The van der Waals surface area contributed by atoms with Crippen LogP contribution in [0.5, 0.6) is 0 Å². The van der Waals surface area contributed by atoms with E-state index in [1.165, 1.54) is 5.57 Å². The first-order chi connectivity index (χ1) is 13.8. The summed E-state index contributed by atoms with van der Waals surface area (Å²) < 4.78 is 5.17. The maximum absolute atomic E-state index is 10.5. The van der Waals surface area contributed by atoms with Crippen LogP contribution in [0.2, 0.25) is 0 Å². The molecule has 0 aliphatic heterocycles. The molecule has 2 saturated carbocycles. The number of carbonyl (C=O) groups is 1. The van der Waals surface area contributed by atoms with Gasteiger partial charge in [-0.15, -0.1) is 0 Å². The second kappa shape index (κ2) is 11.7. The minimum absolute atomic E-state index is 0.0550. The van der Waals surface area contributed by atoms with Crippen LogP contribution in [0.1, 0.15) is 65.7 Å². The van der Waals surface area contributed by atoms with E-state index in [-0.39, 0.29) is 12.5 Å². The van der Waals surface area contributed by atoms with E-state index in [2.05, 4.69) is 38.7 Å².